The van der Waals surface area contributed by atoms with Crippen LogP contribution in [0.2, 0.25) is 0 Å². The Labute approximate surface area is 120 Å². The van der Waals surface area contributed by atoms with Gasteiger partial charge in [0.25, 0.3) is 0 Å². The van der Waals surface area contributed by atoms with E-state index >= 15 is 0 Å². The number of carbonyl (C=O) groups is 1. The summed E-state index contributed by atoms with van der Waals surface area (Å²) in [6.07, 6.45) is 9.21. The fourth-order valence-corrected chi connectivity index (χ4v) is 3.61. The van der Waals surface area contributed by atoms with E-state index in [2.05, 4.69) is 11.3 Å². The van der Waals surface area contributed by atoms with Gasteiger partial charge in [-0.05, 0) is 37.2 Å². The summed E-state index contributed by atoms with van der Waals surface area (Å²) < 4.78 is 1.85. The predicted octanol–water partition coefficient (Wildman–Crippen LogP) is 1.25. The molecule has 2 atom stereocenters. The summed E-state index contributed by atoms with van der Waals surface area (Å²) in [5.74, 6) is 0.912. The van der Waals surface area contributed by atoms with Crippen molar-refractivity contribution in [2.24, 2.45) is 18.7 Å². The molecule has 0 unspecified atom stereocenters. The molecule has 5 heteroatoms. The molecule has 1 aliphatic heterocycles. The Morgan fingerprint density at radius 1 is 1.30 bits per heavy atom. The average Bonchev–Trinajstić information content (AvgIpc) is 3.07. The minimum Gasteiger partial charge on any atom is -0.342 e. The number of hydrogen-bond acceptors (Lipinski definition) is 3. The van der Waals surface area contributed by atoms with Crippen molar-refractivity contribution >= 4 is 5.91 Å². The van der Waals surface area contributed by atoms with Crippen molar-refractivity contribution in [1.82, 2.24) is 14.7 Å². The first-order valence-corrected chi connectivity index (χ1v) is 7.68. The van der Waals surface area contributed by atoms with Crippen molar-refractivity contribution in [1.29, 1.82) is 0 Å². The summed E-state index contributed by atoms with van der Waals surface area (Å²) in [5.41, 5.74) is 7.35. The lowest BCUT2D eigenvalue weighted by molar-refractivity contribution is -0.136. The van der Waals surface area contributed by atoms with Crippen molar-refractivity contribution in [3.05, 3.63) is 18.0 Å². The lowest BCUT2D eigenvalue weighted by Crippen LogP contribution is -2.45. The second-order valence-corrected chi connectivity index (χ2v) is 6.25. The predicted molar refractivity (Wildman–Crippen MR) is 77.1 cm³/mol. The zero-order valence-corrected chi connectivity index (χ0v) is 12.2. The van der Waals surface area contributed by atoms with E-state index in [4.69, 9.17) is 5.73 Å². The molecule has 1 saturated carbocycles. The highest BCUT2D eigenvalue weighted by Crippen LogP contribution is 2.31. The van der Waals surface area contributed by atoms with Gasteiger partial charge in [-0.1, -0.05) is 6.42 Å². The van der Waals surface area contributed by atoms with Gasteiger partial charge in [-0.25, -0.2) is 0 Å². The third kappa shape index (κ3) is 2.59. The van der Waals surface area contributed by atoms with E-state index in [1.165, 1.54) is 5.56 Å². The number of amides is 1. The quantitative estimate of drug-likeness (QED) is 0.884. The third-order valence-corrected chi connectivity index (χ3v) is 4.89. The minimum atomic E-state index is 0.0740. The zero-order chi connectivity index (χ0) is 14.1. The van der Waals surface area contributed by atoms with Crippen LogP contribution in [0.1, 0.15) is 43.6 Å². The summed E-state index contributed by atoms with van der Waals surface area (Å²) in [7, 11) is 1.95. The van der Waals surface area contributed by atoms with Gasteiger partial charge in [0.2, 0.25) is 5.91 Å². The molecule has 2 N–H and O–H groups in total. The highest BCUT2D eigenvalue weighted by atomic mass is 16.2. The van der Waals surface area contributed by atoms with Crippen LogP contribution in [0, 0.1) is 5.92 Å². The molecule has 1 aliphatic carbocycles. The van der Waals surface area contributed by atoms with Crippen LogP contribution in [0.4, 0.5) is 0 Å². The van der Waals surface area contributed by atoms with Crippen molar-refractivity contribution in [2.45, 2.75) is 44.1 Å². The number of aromatic nitrogens is 2. The minimum absolute atomic E-state index is 0.0740. The number of likely N-dealkylation sites (tertiary alicyclic amines) is 1. The number of carbonyl (C=O) groups excluding carboxylic acids is 1. The van der Waals surface area contributed by atoms with Crippen LogP contribution in [0.25, 0.3) is 0 Å². The Hall–Kier alpha value is -1.36. The first-order chi connectivity index (χ1) is 9.65. The monoisotopic (exact) mass is 276 g/mol. The first kappa shape index (κ1) is 13.6. The average molecular weight is 276 g/mol. The van der Waals surface area contributed by atoms with E-state index in [0.29, 0.717) is 11.8 Å². The number of rotatable bonds is 2. The molecule has 1 aromatic heterocycles. The van der Waals surface area contributed by atoms with Crippen LogP contribution in [-0.4, -0.2) is 39.7 Å². The van der Waals surface area contributed by atoms with Gasteiger partial charge in [0.15, 0.2) is 0 Å². The molecule has 5 nitrogen and oxygen atoms in total. The van der Waals surface area contributed by atoms with Crippen LogP contribution in [0.15, 0.2) is 12.4 Å². The van der Waals surface area contributed by atoms with E-state index in [1.807, 2.05) is 22.8 Å². The fourth-order valence-electron chi connectivity index (χ4n) is 3.61. The topological polar surface area (TPSA) is 64.2 Å². The van der Waals surface area contributed by atoms with Crippen LogP contribution in [0.5, 0.6) is 0 Å². The molecular formula is C15H24N4O. The normalized spacial score (nSPS) is 28.0. The van der Waals surface area contributed by atoms with Crippen molar-refractivity contribution in [2.75, 3.05) is 13.1 Å². The van der Waals surface area contributed by atoms with Crippen LogP contribution < -0.4 is 5.73 Å². The molecule has 0 aromatic carbocycles. The molecule has 3 rings (SSSR count). The van der Waals surface area contributed by atoms with E-state index in [-0.39, 0.29) is 12.0 Å². The maximum Gasteiger partial charge on any atom is 0.227 e. The van der Waals surface area contributed by atoms with Crippen LogP contribution in [-0.2, 0) is 11.8 Å². The van der Waals surface area contributed by atoms with Crippen molar-refractivity contribution in [3.8, 4) is 0 Å². The Bertz CT molecular complexity index is 476. The highest BCUT2D eigenvalue weighted by Gasteiger charge is 2.34. The summed E-state index contributed by atoms with van der Waals surface area (Å²) >= 11 is 0. The summed E-state index contributed by atoms with van der Waals surface area (Å²) in [6, 6.07) is 0.0820. The SMILES string of the molecule is Cn1cc(C2CCN(C(=O)[C@H]3CCC[C@@H]3N)CC2)cn1. The second kappa shape index (κ2) is 5.56. The van der Waals surface area contributed by atoms with Gasteiger partial charge in [0, 0.05) is 32.4 Å². The molecule has 2 aliphatic rings. The zero-order valence-electron chi connectivity index (χ0n) is 12.2. The standard InChI is InChI=1S/C15H24N4O/c1-18-10-12(9-17-18)11-5-7-19(8-6-11)15(20)13-3-2-4-14(13)16/h9-11,13-14H,2-8,16H2,1H3/t13-,14-/m0/s1. The largest absolute Gasteiger partial charge is 0.342 e. The molecule has 1 aromatic rings. The Morgan fingerprint density at radius 3 is 2.60 bits per heavy atom. The number of aryl methyl sites for hydroxylation is 1. The second-order valence-electron chi connectivity index (χ2n) is 6.25. The molecule has 2 heterocycles. The van der Waals surface area contributed by atoms with Crippen LogP contribution in [0.3, 0.4) is 0 Å². The van der Waals surface area contributed by atoms with Gasteiger partial charge >= 0.3 is 0 Å². The Balaban J connectivity index is 1.57. The van der Waals surface area contributed by atoms with Gasteiger partial charge in [-0.15, -0.1) is 0 Å². The molecule has 1 saturated heterocycles. The molecule has 2 fully saturated rings. The molecule has 110 valence electrons. The summed E-state index contributed by atoms with van der Waals surface area (Å²) in [4.78, 5) is 14.5. The van der Waals surface area contributed by atoms with E-state index < -0.39 is 0 Å². The van der Waals surface area contributed by atoms with E-state index in [0.717, 1.165) is 45.2 Å². The van der Waals surface area contributed by atoms with Gasteiger partial charge < -0.3 is 10.6 Å². The smallest absolute Gasteiger partial charge is 0.227 e. The maximum absolute atomic E-state index is 12.5. The molecule has 0 spiro atoms. The number of nitrogens with two attached hydrogens (primary N) is 1. The number of nitrogens with zero attached hydrogens (tertiary/aromatic N) is 3. The van der Waals surface area contributed by atoms with Gasteiger partial charge in [0.1, 0.15) is 0 Å². The third-order valence-electron chi connectivity index (χ3n) is 4.89. The molecule has 1 amide bonds. The van der Waals surface area contributed by atoms with Crippen molar-refractivity contribution in [3.63, 3.8) is 0 Å². The molecule has 0 radical (unpaired) electrons. The molecule has 0 bridgehead atoms. The summed E-state index contributed by atoms with van der Waals surface area (Å²) in [6.45, 7) is 1.73. The lowest BCUT2D eigenvalue weighted by atomic mass is 9.90. The highest BCUT2D eigenvalue weighted by molar-refractivity contribution is 5.80. The molecule has 20 heavy (non-hydrogen) atoms. The first-order valence-electron chi connectivity index (χ1n) is 7.68. The van der Waals surface area contributed by atoms with Gasteiger partial charge in [-0.3, -0.25) is 9.48 Å². The van der Waals surface area contributed by atoms with Crippen molar-refractivity contribution < 1.29 is 4.79 Å². The molecular weight excluding hydrogens is 252 g/mol. The van der Waals surface area contributed by atoms with E-state index in [9.17, 15) is 4.79 Å². The number of piperidine rings is 1. The van der Waals surface area contributed by atoms with Gasteiger partial charge in [0.05, 0.1) is 12.1 Å². The summed E-state index contributed by atoms with van der Waals surface area (Å²) in [5, 5.41) is 4.24. The van der Waals surface area contributed by atoms with Gasteiger partial charge in [-0.2, -0.15) is 5.10 Å². The maximum atomic E-state index is 12.5. The number of hydrogen-bond donors (Lipinski definition) is 1. The van der Waals surface area contributed by atoms with Crippen LogP contribution >= 0.6 is 0 Å². The fraction of sp³-hybridized carbons (Fsp3) is 0.733. The van der Waals surface area contributed by atoms with E-state index in [1.54, 1.807) is 0 Å². The Kier molecular flexibility index (Phi) is 3.78. The lowest BCUT2D eigenvalue weighted by Gasteiger charge is -2.34. The Morgan fingerprint density at radius 2 is 2.05 bits per heavy atom.